The van der Waals surface area contributed by atoms with Crippen LogP contribution in [-0.2, 0) is 9.59 Å². The number of hydrogen-bond donors (Lipinski definition) is 1. The maximum absolute atomic E-state index is 13.8. The van der Waals surface area contributed by atoms with Gasteiger partial charge in [-0.3, -0.25) is 9.59 Å². The van der Waals surface area contributed by atoms with E-state index in [-0.39, 0.29) is 13.8 Å². The molecule has 1 amide bonds. The fraction of sp³-hybridized carbons (Fsp3) is 0.846. The highest BCUT2D eigenvalue weighted by atomic mass is 19.3. The van der Waals surface area contributed by atoms with E-state index in [1.165, 1.54) is 0 Å². The largest absolute Gasteiger partial charge is 0.351 e. The minimum absolute atomic E-state index is 0.262. The van der Waals surface area contributed by atoms with Crippen LogP contribution in [0.5, 0.6) is 0 Å². The molecule has 0 saturated carbocycles. The third kappa shape index (κ3) is 3.90. The lowest BCUT2D eigenvalue weighted by molar-refractivity contribution is -0.255. The van der Waals surface area contributed by atoms with E-state index in [0.717, 1.165) is 5.32 Å². The highest BCUT2D eigenvalue weighted by Gasteiger charge is 2.70. The van der Waals surface area contributed by atoms with Gasteiger partial charge in [0.05, 0.1) is 6.54 Å². The van der Waals surface area contributed by atoms with Gasteiger partial charge in [-0.25, -0.2) is 26.3 Å². The molecule has 1 N–H and O–H groups in total. The van der Waals surface area contributed by atoms with Crippen LogP contribution in [0.25, 0.3) is 0 Å². The summed E-state index contributed by atoms with van der Waals surface area (Å²) < 4.78 is 132. The fourth-order valence-corrected chi connectivity index (χ4v) is 1.63. The van der Waals surface area contributed by atoms with Crippen molar-refractivity contribution in [3.8, 4) is 0 Å². The van der Waals surface area contributed by atoms with Crippen molar-refractivity contribution < 1.29 is 53.5 Å². The Kier molecular flexibility index (Phi) is 6.16. The van der Waals surface area contributed by atoms with E-state index in [0.29, 0.717) is 0 Å². The molecule has 0 spiro atoms. The van der Waals surface area contributed by atoms with Crippen LogP contribution in [0.1, 0.15) is 27.7 Å². The molecule has 2 atom stereocenters. The lowest BCUT2D eigenvalue weighted by atomic mass is 9.90. The first-order chi connectivity index (χ1) is 11.0. The summed E-state index contributed by atoms with van der Waals surface area (Å²) in [6, 6.07) is 0. The zero-order valence-electron chi connectivity index (χ0n) is 13.8. The Labute approximate surface area is 141 Å². The molecule has 0 bridgehead atoms. The van der Waals surface area contributed by atoms with E-state index in [1.807, 2.05) is 0 Å². The SMILES string of the molecule is CC(F)(F)C(F)(F)C(C)(F)C(=O)CNC(=O)C(C)(F)C(F)(F)C(C)(F)F. The Morgan fingerprint density at radius 2 is 0.962 bits per heavy atom. The van der Waals surface area contributed by atoms with E-state index >= 15 is 0 Å². The molecule has 26 heavy (non-hydrogen) atoms. The Bertz CT molecular complexity index is 510. The number of halogens is 10. The monoisotopic (exact) mass is 407 g/mol. The molecule has 0 heterocycles. The van der Waals surface area contributed by atoms with Crippen LogP contribution >= 0.6 is 0 Å². The number of nitrogens with one attached hydrogen (secondary N) is 1. The smallest absolute Gasteiger partial charge is 0.346 e. The number of rotatable bonds is 8. The predicted molar refractivity (Wildman–Crippen MR) is 68.2 cm³/mol. The summed E-state index contributed by atoms with van der Waals surface area (Å²) >= 11 is 0. The van der Waals surface area contributed by atoms with Crippen LogP contribution in [-0.4, -0.2) is 53.3 Å². The molecule has 0 saturated heterocycles. The summed E-state index contributed by atoms with van der Waals surface area (Å²) in [4.78, 5) is 22.7. The van der Waals surface area contributed by atoms with Gasteiger partial charge < -0.3 is 5.32 Å². The van der Waals surface area contributed by atoms with Crippen LogP contribution in [0.2, 0.25) is 0 Å². The zero-order chi connectivity index (χ0) is 21.6. The van der Waals surface area contributed by atoms with E-state index in [4.69, 9.17) is 0 Å². The molecule has 154 valence electrons. The van der Waals surface area contributed by atoms with Crippen molar-refractivity contribution in [2.45, 2.75) is 62.7 Å². The number of ketones is 1. The minimum Gasteiger partial charge on any atom is -0.346 e. The second-order valence-corrected chi connectivity index (χ2v) is 6.04. The maximum Gasteiger partial charge on any atom is 0.351 e. The Morgan fingerprint density at radius 3 is 1.27 bits per heavy atom. The summed E-state index contributed by atoms with van der Waals surface area (Å²) in [5.41, 5.74) is -9.21. The van der Waals surface area contributed by atoms with Crippen LogP contribution < -0.4 is 5.32 Å². The van der Waals surface area contributed by atoms with E-state index in [2.05, 4.69) is 0 Å². The van der Waals surface area contributed by atoms with Crippen molar-refractivity contribution in [2.75, 3.05) is 6.54 Å². The minimum atomic E-state index is -5.59. The van der Waals surface area contributed by atoms with Gasteiger partial charge in [0.15, 0.2) is 5.78 Å². The molecule has 0 aromatic heterocycles. The van der Waals surface area contributed by atoms with Crippen molar-refractivity contribution >= 4 is 11.7 Å². The molecule has 0 aliphatic heterocycles. The maximum atomic E-state index is 13.8. The van der Waals surface area contributed by atoms with Crippen LogP contribution in [0.15, 0.2) is 0 Å². The molecule has 3 nitrogen and oxygen atoms in total. The molecule has 2 unspecified atom stereocenters. The van der Waals surface area contributed by atoms with Gasteiger partial charge in [-0.2, -0.15) is 17.6 Å². The summed E-state index contributed by atoms with van der Waals surface area (Å²) in [5.74, 6) is -26.2. The normalized spacial score (nSPS) is 18.7. The van der Waals surface area contributed by atoms with Crippen molar-refractivity contribution in [3.63, 3.8) is 0 Å². The number of hydrogen-bond acceptors (Lipinski definition) is 2. The second kappa shape index (κ2) is 6.55. The Balaban J connectivity index is 5.38. The second-order valence-electron chi connectivity index (χ2n) is 6.04. The van der Waals surface area contributed by atoms with Gasteiger partial charge in [0.1, 0.15) is 0 Å². The molecule has 0 rings (SSSR count). The van der Waals surface area contributed by atoms with E-state index in [9.17, 15) is 53.5 Å². The lowest BCUT2D eigenvalue weighted by Gasteiger charge is -2.34. The molecule has 0 aliphatic carbocycles. The molecular formula is C13H15F10NO2. The van der Waals surface area contributed by atoms with Crippen molar-refractivity contribution in [1.82, 2.24) is 5.32 Å². The third-order valence-electron chi connectivity index (χ3n) is 3.64. The molecule has 0 aliphatic rings. The lowest BCUT2D eigenvalue weighted by Crippen LogP contribution is -2.63. The van der Waals surface area contributed by atoms with Gasteiger partial charge in [0, 0.05) is 13.8 Å². The fourth-order valence-electron chi connectivity index (χ4n) is 1.63. The third-order valence-corrected chi connectivity index (χ3v) is 3.64. The number of Topliss-reactive ketones (excluding diaryl/α,β-unsaturated/α-hetero) is 1. The predicted octanol–water partition coefficient (Wildman–Crippen LogP) is 3.71. The summed E-state index contributed by atoms with van der Waals surface area (Å²) in [6.07, 6.45) is 0. The van der Waals surface area contributed by atoms with Crippen molar-refractivity contribution in [2.24, 2.45) is 0 Å². The molecular weight excluding hydrogens is 392 g/mol. The van der Waals surface area contributed by atoms with E-state index in [1.54, 1.807) is 0 Å². The first kappa shape index (κ1) is 24.4. The van der Waals surface area contributed by atoms with Crippen LogP contribution in [0.4, 0.5) is 43.9 Å². The van der Waals surface area contributed by atoms with Gasteiger partial charge in [-0.05, 0) is 13.8 Å². The standard InChI is InChI=1S/C13H15F10NO2/c1-8(14,12(20,21)10(3,16)17)6(25)5-24-7(26)9(2,15)13(22,23)11(4,18)19/h5H2,1-4H3,(H,24,26). The first-order valence-electron chi connectivity index (χ1n) is 6.76. The molecule has 0 aromatic rings. The Morgan fingerprint density at radius 1 is 0.654 bits per heavy atom. The average Bonchev–Trinajstić information content (AvgIpc) is 2.40. The molecule has 0 fully saturated rings. The molecule has 0 radical (unpaired) electrons. The number of carbonyl (C=O) groups is 2. The van der Waals surface area contributed by atoms with Gasteiger partial charge in [-0.1, -0.05) is 0 Å². The van der Waals surface area contributed by atoms with Crippen LogP contribution in [0.3, 0.4) is 0 Å². The van der Waals surface area contributed by atoms with Crippen LogP contribution in [0, 0.1) is 0 Å². The number of carbonyl (C=O) groups excluding carboxylic acids is 2. The number of alkyl halides is 10. The average molecular weight is 407 g/mol. The van der Waals surface area contributed by atoms with Gasteiger partial charge in [0.25, 0.3) is 11.6 Å². The number of amides is 1. The molecule has 13 heteroatoms. The van der Waals surface area contributed by atoms with Gasteiger partial charge >= 0.3 is 23.7 Å². The first-order valence-corrected chi connectivity index (χ1v) is 6.76. The van der Waals surface area contributed by atoms with Crippen molar-refractivity contribution in [1.29, 1.82) is 0 Å². The van der Waals surface area contributed by atoms with E-state index < -0.39 is 67.1 Å². The van der Waals surface area contributed by atoms with Gasteiger partial charge in [0.2, 0.25) is 5.67 Å². The quantitative estimate of drug-likeness (QED) is 0.624. The topological polar surface area (TPSA) is 46.2 Å². The highest BCUT2D eigenvalue weighted by molar-refractivity contribution is 5.94. The van der Waals surface area contributed by atoms with Crippen molar-refractivity contribution in [3.05, 3.63) is 0 Å². The summed E-state index contributed by atoms with van der Waals surface area (Å²) in [6.45, 7) is -3.29. The zero-order valence-corrected chi connectivity index (χ0v) is 13.8. The Hall–Kier alpha value is -1.56. The van der Waals surface area contributed by atoms with Gasteiger partial charge in [-0.15, -0.1) is 0 Å². The highest BCUT2D eigenvalue weighted by Crippen LogP contribution is 2.45. The summed E-state index contributed by atoms with van der Waals surface area (Å²) in [7, 11) is 0. The summed E-state index contributed by atoms with van der Waals surface area (Å²) in [5, 5.41) is 0.936. The molecule has 0 aromatic carbocycles.